The first-order valence-corrected chi connectivity index (χ1v) is 5.61. The van der Waals surface area contributed by atoms with Crippen LogP contribution in [0, 0.1) is 5.82 Å². The average molecular weight is 247 g/mol. The lowest BCUT2D eigenvalue weighted by Crippen LogP contribution is -2.09. The SMILES string of the molecule is Nc1cc(F)cc(OCCOc2ccccc2)c1. The molecule has 0 unspecified atom stereocenters. The Labute approximate surface area is 105 Å². The summed E-state index contributed by atoms with van der Waals surface area (Å²) in [6.07, 6.45) is 0. The highest BCUT2D eigenvalue weighted by Crippen LogP contribution is 2.17. The molecule has 2 aromatic rings. The Morgan fingerprint density at radius 1 is 0.889 bits per heavy atom. The summed E-state index contributed by atoms with van der Waals surface area (Å²) in [6, 6.07) is 13.5. The topological polar surface area (TPSA) is 44.5 Å². The maximum absolute atomic E-state index is 13.0. The summed E-state index contributed by atoms with van der Waals surface area (Å²) >= 11 is 0. The third kappa shape index (κ3) is 3.66. The monoisotopic (exact) mass is 247 g/mol. The largest absolute Gasteiger partial charge is 0.490 e. The number of hydrogen-bond donors (Lipinski definition) is 1. The van der Waals surface area contributed by atoms with Gasteiger partial charge in [0.2, 0.25) is 0 Å². The molecule has 0 saturated carbocycles. The van der Waals surface area contributed by atoms with E-state index in [9.17, 15) is 4.39 Å². The molecule has 0 amide bonds. The Balaban J connectivity index is 1.78. The molecule has 0 spiro atoms. The molecule has 0 radical (unpaired) electrons. The van der Waals surface area contributed by atoms with Crippen LogP contribution in [0.5, 0.6) is 11.5 Å². The minimum atomic E-state index is -0.408. The fourth-order valence-electron chi connectivity index (χ4n) is 1.50. The first-order valence-electron chi connectivity index (χ1n) is 5.61. The fraction of sp³-hybridized carbons (Fsp3) is 0.143. The highest BCUT2D eigenvalue weighted by Gasteiger charge is 1.99. The summed E-state index contributed by atoms with van der Waals surface area (Å²) in [6.45, 7) is 0.720. The van der Waals surface area contributed by atoms with Gasteiger partial charge in [0, 0.05) is 17.8 Å². The van der Waals surface area contributed by atoms with Crippen molar-refractivity contribution < 1.29 is 13.9 Å². The molecule has 18 heavy (non-hydrogen) atoms. The molecule has 94 valence electrons. The van der Waals surface area contributed by atoms with Crippen LogP contribution in [0.1, 0.15) is 0 Å². The van der Waals surface area contributed by atoms with Crippen molar-refractivity contribution in [3.8, 4) is 11.5 Å². The van der Waals surface area contributed by atoms with Crippen LogP contribution in [0.2, 0.25) is 0 Å². The minimum absolute atomic E-state index is 0.331. The van der Waals surface area contributed by atoms with E-state index in [-0.39, 0.29) is 0 Å². The Morgan fingerprint density at radius 2 is 1.56 bits per heavy atom. The van der Waals surface area contributed by atoms with Gasteiger partial charge in [0.15, 0.2) is 0 Å². The van der Waals surface area contributed by atoms with E-state index >= 15 is 0 Å². The number of hydrogen-bond acceptors (Lipinski definition) is 3. The second kappa shape index (κ2) is 5.91. The van der Waals surface area contributed by atoms with Gasteiger partial charge in [-0.3, -0.25) is 0 Å². The zero-order chi connectivity index (χ0) is 12.8. The van der Waals surface area contributed by atoms with Crippen molar-refractivity contribution in [1.82, 2.24) is 0 Å². The van der Waals surface area contributed by atoms with E-state index in [0.717, 1.165) is 5.75 Å². The maximum Gasteiger partial charge on any atom is 0.128 e. The number of para-hydroxylation sites is 1. The van der Waals surface area contributed by atoms with Gasteiger partial charge < -0.3 is 15.2 Å². The van der Waals surface area contributed by atoms with Crippen LogP contribution in [-0.2, 0) is 0 Å². The first-order chi connectivity index (χ1) is 8.74. The van der Waals surface area contributed by atoms with E-state index in [0.29, 0.717) is 24.7 Å². The van der Waals surface area contributed by atoms with Crippen molar-refractivity contribution in [2.24, 2.45) is 0 Å². The number of halogens is 1. The lowest BCUT2D eigenvalue weighted by Gasteiger charge is -2.08. The van der Waals surface area contributed by atoms with Crippen LogP contribution in [0.4, 0.5) is 10.1 Å². The van der Waals surface area contributed by atoms with Gasteiger partial charge in [-0.05, 0) is 18.2 Å². The lowest BCUT2D eigenvalue weighted by molar-refractivity contribution is 0.216. The number of ether oxygens (including phenoxy) is 2. The number of anilines is 1. The predicted octanol–water partition coefficient (Wildman–Crippen LogP) is 2.87. The molecule has 2 rings (SSSR count). The van der Waals surface area contributed by atoms with Gasteiger partial charge in [-0.1, -0.05) is 18.2 Å². The van der Waals surface area contributed by atoms with Gasteiger partial charge in [-0.25, -0.2) is 4.39 Å². The summed E-state index contributed by atoms with van der Waals surface area (Å²) in [7, 11) is 0. The smallest absolute Gasteiger partial charge is 0.128 e. The van der Waals surface area contributed by atoms with Crippen LogP contribution >= 0.6 is 0 Å². The zero-order valence-electron chi connectivity index (χ0n) is 9.80. The molecular formula is C14H14FNO2. The zero-order valence-corrected chi connectivity index (χ0v) is 9.80. The van der Waals surface area contributed by atoms with Crippen LogP contribution < -0.4 is 15.2 Å². The molecule has 2 aromatic carbocycles. The molecule has 0 aliphatic carbocycles. The van der Waals surface area contributed by atoms with Gasteiger partial charge in [-0.15, -0.1) is 0 Å². The van der Waals surface area contributed by atoms with E-state index < -0.39 is 5.82 Å². The number of rotatable bonds is 5. The van der Waals surface area contributed by atoms with Crippen molar-refractivity contribution >= 4 is 5.69 Å². The molecule has 3 nitrogen and oxygen atoms in total. The molecule has 0 bridgehead atoms. The molecule has 0 fully saturated rings. The third-order valence-corrected chi connectivity index (χ3v) is 2.26. The van der Waals surface area contributed by atoms with Gasteiger partial charge in [0.05, 0.1) is 0 Å². The summed E-state index contributed by atoms with van der Waals surface area (Å²) in [4.78, 5) is 0. The molecule has 0 saturated heterocycles. The first kappa shape index (κ1) is 12.2. The molecule has 0 atom stereocenters. The van der Waals surface area contributed by atoms with E-state index in [1.54, 1.807) is 6.07 Å². The molecule has 2 N–H and O–H groups in total. The molecule has 0 aliphatic rings. The van der Waals surface area contributed by atoms with Crippen molar-refractivity contribution in [1.29, 1.82) is 0 Å². The lowest BCUT2D eigenvalue weighted by atomic mass is 10.3. The third-order valence-electron chi connectivity index (χ3n) is 2.26. The number of nitrogen functional groups attached to an aromatic ring is 1. The van der Waals surface area contributed by atoms with E-state index in [4.69, 9.17) is 15.2 Å². The maximum atomic E-state index is 13.0. The predicted molar refractivity (Wildman–Crippen MR) is 68.2 cm³/mol. The quantitative estimate of drug-likeness (QED) is 0.652. The van der Waals surface area contributed by atoms with Gasteiger partial charge in [0.25, 0.3) is 0 Å². The standard InChI is InChI=1S/C14H14FNO2/c15-11-8-12(16)10-14(9-11)18-7-6-17-13-4-2-1-3-5-13/h1-5,8-10H,6-7,16H2. The normalized spacial score (nSPS) is 10.1. The van der Waals surface area contributed by atoms with Gasteiger partial charge >= 0.3 is 0 Å². The summed E-state index contributed by atoms with van der Waals surface area (Å²) in [5.74, 6) is 0.776. The minimum Gasteiger partial charge on any atom is -0.490 e. The Hall–Kier alpha value is -2.23. The van der Waals surface area contributed by atoms with Crippen molar-refractivity contribution in [3.05, 3.63) is 54.3 Å². The van der Waals surface area contributed by atoms with Crippen molar-refractivity contribution in [2.45, 2.75) is 0 Å². The van der Waals surface area contributed by atoms with Crippen molar-refractivity contribution in [2.75, 3.05) is 18.9 Å². The van der Waals surface area contributed by atoms with E-state index in [1.165, 1.54) is 12.1 Å². The van der Waals surface area contributed by atoms with Crippen LogP contribution in [0.3, 0.4) is 0 Å². The van der Waals surface area contributed by atoms with Crippen LogP contribution in [-0.4, -0.2) is 13.2 Å². The molecular weight excluding hydrogens is 233 g/mol. The average Bonchev–Trinajstić information content (AvgIpc) is 2.35. The van der Waals surface area contributed by atoms with E-state index in [2.05, 4.69) is 0 Å². The Bertz CT molecular complexity index is 482. The number of nitrogens with two attached hydrogens (primary N) is 1. The van der Waals surface area contributed by atoms with Crippen LogP contribution in [0.15, 0.2) is 48.5 Å². The summed E-state index contributed by atoms with van der Waals surface area (Å²) in [5.41, 5.74) is 5.85. The highest BCUT2D eigenvalue weighted by atomic mass is 19.1. The Morgan fingerprint density at radius 3 is 2.22 bits per heavy atom. The second-order valence-electron chi connectivity index (χ2n) is 3.73. The summed E-state index contributed by atoms with van der Waals surface area (Å²) < 4.78 is 23.8. The number of benzene rings is 2. The highest BCUT2D eigenvalue weighted by molar-refractivity contribution is 5.44. The molecule has 4 heteroatoms. The molecule has 0 heterocycles. The molecule has 0 aromatic heterocycles. The fourth-order valence-corrected chi connectivity index (χ4v) is 1.50. The van der Waals surface area contributed by atoms with Gasteiger partial charge in [-0.2, -0.15) is 0 Å². The van der Waals surface area contributed by atoms with E-state index in [1.807, 2.05) is 30.3 Å². The van der Waals surface area contributed by atoms with Gasteiger partial charge in [0.1, 0.15) is 30.5 Å². The molecule has 0 aliphatic heterocycles. The van der Waals surface area contributed by atoms with Crippen LogP contribution in [0.25, 0.3) is 0 Å². The Kier molecular flexibility index (Phi) is 4.02. The summed E-state index contributed by atoms with van der Waals surface area (Å²) in [5, 5.41) is 0. The second-order valence-corrected chi connectivity index (χ2v) is 3.73. The van der Waals surface area contributed by atoms with Crippen molar-refractivity contribution in [3.63, 3.8) is 0 Å².